The molecule has 1 heterocycles. The van der Waals surface area contributed by atoms with Crippen LogP contribution in [0.15, 0.2) is 42.6 Å². The summed E-state index contributed by atoms with van der Waals surface area (Å²) in [6, 6.07) is 12.3. The fourth-order valence-electron chi connectivity index (χ4n) is 1.94. The second-order valence-electron chi connectivity index (χ2n) is 4.75. The summed E-state index contributed by atoms with van der Waals surface area (Å²) in [6.45, 7) is 0.403. The number of nitrogens with one attached hydrogen (secondary N) is 1. The van der Waals surface area contributed by atoms with Gasteiger partial charge in [-0.25, -0.2) is 4.98 Å². The van der Waals surface area contributed by atoms with E-state index in [1.807, 2.05) is 37.2 Å². The van der Waals surface area contributed by atoms with E-state index in [9.17, 15) is 4.79 Å². The van der Waals surface area contributed by atoms with Gasteiger partial charge in [0, 0.05) is 38.0 Å². The predicted molar refractivity (Wildman–Crippen MR) is 80.9 cm³/mol. The first-order valence-corrected chi connectivity index (χ1v) is 6.51. The maximum absolute atomic E-state index is 12.1. The summed E-state index contributed by atoms with van der Waals surface area (Å²) in [5.74, 6) is 0.658. The van der Waals surface area contributed by atoms with Crippen LogP contribution in [-0.2, 0) is 6.54 Å². The Hall–Kier alpha value is -2.87. The summed E-state index contributed by atoms with van der Waals surface area (Å²) in [5, 5.41) is 11.6. The molecule has 0 radical (unpaired) electrons. The molecule has 0 aliphatic carbocycles. The van der Waals surface area contributed by atoms with Crippen molar-refractivity contribution in [2.45, 2.75) is 6.54 Å². The van der Waals surface area contributed by atoms with Crippen LogP contribution in [0, 0.1) is 11.3 Å². The first kappa shape index (κ1) is 14.5. The summed E-state index contributed by atoms with van der Waals surface area (Å²) >= 11 is 0. The lowest BCUT2D eigenvalue weighted by molar-refractivity contribution is 0.0951. The molecule has 0 saturated carbocycles. The molecule has 0 atom stereocenters. The molecular formula is C16H16N4O. The van der Waals surface area contributed by atoms with Gasteiger partial charge >= 0.3 is 0 Å². The highest BCUT2D eigenvalue weighted by atomic mass is 16.1. The van der Waals surface area contributed by atoms with E-state index in [1.165, 1.54) is 0 Å². The van der Waals surface area contributed by atoms with Gasteiger partial charge < -0.3 is 10.2 Å². The molecule has 21 heavy (non-hydrogen) atoms. The number of nitrogens with zero attached hydrogens (tertiary/aromatic N) is 3. The highest BCUT2D eigenvalue weighted by molar-refractivity contribution is 5.94. The molecule has 2 rings (SSSR count). The third-order valence-corrected chi connectivity index (χ3v) is 3.01. The van der Waals surface area contributed by atoms with Crippen molar-refractivity contribution in [1.29, 1.82) is 5.26 Å². The van der Waals surface area contributed by atoms with Crippen molar-refractivity contribution in [2.24, 2.45) is 0 Å². The molecule has 1 N–H and O–H groups in total. The minimum Gasteiger partial charge on any atom is -0.362 e. The molecule has 0 fully saturated rings. The molecule has 1 aromatic heterocycles. The molecule has 0 aliphatic rings. The molecule has 5 nitrogen and oxygen atoms in total. The van der Waals surface area contributed by atoms with Crippen molar-refractivity contribution in [3.05, 3.63) is 59.3 Å². The number of amides is 1. The Morgan fingerprint density at radius 2 is 2.00 bits per heavy atom. The van der Waals surface area contributed by atoms with Gasteiger partial charge in [-0.1, -0.05) is 6.07 Å². The number of aromatic nitrogens is 1. The van der Waals surface area contributed by atoms with Crippen LogP contribution in [0.1, 0.15) is 21.5 Å². The monoisotopic (exact) mass is 280 g/mol. The smallest absolute Gasteiger partial charge is 0.251 e. The van der Waals surface area contributed by atoms with Crippen molar-refractivity contribution in [1.82, 2.24) is 10.3 Å². The molecule has 2 aromatic rings. The number of carbonyl (C=O) groups is 1. The maximum Gasteiger partial charge on any atom is 0.251 e. The lowest BCUT2D eigenvalue weighted by Gasteiger charge is -2.16. The van der Waals surface area contributed by atoms with Crippen molar-refractivity contribution >= 4 is 11.7 Å². The Kier molecular flexibility index (Phi) is 4.52. The van der Waals surface area contributed by atoms with E-state index in [2.05, 4.69) is 10.3 Å². The molecule has 0 aliphatic heterocycles. The highest BCUT2D eigenvalue weighted by Crippen LogP contribution is 2.14. The molecule has 106 valence electrons. The van der Waals surface area contributed by atoms with Crippen molar-refractivity contribution < 1.29 is 4.79 Å². The van der Waals surface area contributed by atoms with Crippen molar-refractivity contribution in [3.63, 3.8) is 0 Å². The number of hydrogen-bond donors (Lipinski definition) is 1. The van der Waals surface area contributed by atoms with Crippen molar-refractivity contribution in [2.75, 3.05) is 19.0 Å². The lowest BCUT2D eigenvalue weighted by Crippen LogP contribution is -2.24. The number of pyridine rings is 1. The summed E-state index contributed by atoms with van der Waals surface area (Å²) in [7, 11) is 3.82. The zero-order valence-electron chi connectivity index (χ0n) is 12.0. The van der Waals surface area contributed by atoms with E-state index in [-0.39, 0.29) is 5.91 Å². The first-order chi connectivity index (χ1) is 10.1. The quantitative estimate of drug-likeness (QED) is 0.929. The molecule has 1 amide bonds. The van der Waals surface area contributed by atoms with Gasteiger partial charge in [-0.2, -0.15) is 5.26 Å². The van der Waals surface area contributed by atoms with Crippen LogP contribution in [0.4, 0.5) is 5.82 Å². The minimum atomic E-state index is -0.173. The Labute approximate surface area is 123 Å². The third kappa shape index (κ3) is 3.57. The summed E-state index contributed by atoms with van der Waals surface area (Å²) in [6.07, 6.45) is 1.72. The van der Waals surface area contributed by atoms with E-state index < -0.39 is 0 Å². The molecule has 0 saturated heterocycles. The largest absolute Gasteiger partial charge is 0.362 e. The minimum absolute atomic E-state index is 0.173. The predicted octanol–water partition coefficient (Wildman–Crippen LogP) is 1.95. The molecular weight excluding hydrogens is 264 g/mol. The Morgan fingerprint density at radius 3 is 2.62 bits per heavy atom. The van der Waals surface area contributed by atoms with Gasteiger partial charge in [0.25, 0.3) is 5.91 Å². The van der Waals surface area contributed by atoms with Crippen LogP contribution >= 0.6 is 0 Å². The Balaban J connectivity index is 2.06. The average Bonchev–Trinajstić information content (AvgIpc) is 2.52. The summed E-state index contributed by atoms with van der Waals surface area (Å²) in [4.78, 5) is 18.3. The van der Waals surface area contributed by atoms with Gasteiger partial charge in [0.1, 0.15) is 5.82 Å². The fraction of sp³-hybridized carbons (Fsp3) is 0.188. The Bertz CT molecular complexity index is 671. The highest BCUT2D eigenvalue weighted by Gasteiger charge is 2.09. The number of anilines is 1. The number of benzene rings is 1. The lowest BCUT2D eigenvalue weighted by atomic mass is 10.1. The summed E-state index contributed by atoms with van der Waals surface area (Å²) in [5.41, 5.74) is 2.02. The van der Waals surface area contributed by atoms with Gasteiger partial charge in [-0.15, -0.1) is 0 Å². The van der Waals surface area contributed by atoms with E-state index >= 15 is 0 Å². The zero-order chi connectivity index (χ0) is 15.2. The Morgan fingerprint density at radius 1 is 1.29 bits per heavy atom. The van der Waals surface area contributed by atoms with Crippen LogP contribution in [0.5, 0.6) is 0 Å². The maximum atomic E-state index is 12.1. The van der Waals surface area contributed by atoms with Gasteiger partial charge in [-0.3, -0.25) is 4.79 Å². The van der Waals surface area contributed by atoms with Crippen LogP contribution in [0.2, 0.25) is 0 Å². The molecule has 0 spiro atoms. The topological polar surface area (TPSA) is 69.0 Å². The second-order valence-corrected chi connectivity index (χ2v) is 4.75. The van der Waals surface area contributed by atoms with Gasteiger partial charge in [-0.05, 0) is 30.3 Å². The van der Waals surface area contributed by atoms with Gasteiger partial charge in [0.2, 0.25) is 0 Å². The van der Waals surface area contributed by atoms with Crippen molar-refractivity contribution in [3.8, 4) is 6.07 Å². The number of nitriles is 1. The van der Waals surface area contributed by atoms with E-state index in [0.717, 1.165) is 11.4 Å². The van der Waals surface area contributed by atoms with Crippen LogP contribution in [0.25, 0.3) is 0 Å². The van der Waals surface area contributed by atoms with Gasteiger partial charge in [0.05, 0.1) is 11.6 Å². The number of rotatable bonds is 4. The van der Waals surface area contributed by atoms with E-state index in [1.54, 1.807) is 30.5 Å². The van der Waals surface area contributed by atoms with E-state index in [4.69, 9.17) is 5.26 Å². The summed E-state index contributed by atoms with van der Waals surface area (Å²) < 4.78 is 0. The molecule has 1 aromatic carbocycles. The van der Waals surface area contributed by atoms with E-state index in [0.29, 0.717) is 17.7 Å². The number of hydrogen-bond acceptors (Lipinski definition) is 4. The molecule has 0 unspecified atom stereocenters. The first-order valence-electron chi connectivity index (χ1n) is 6.51. The standard InChI is InChI=1S/C16H16N4O/c1-20(2)15-14(4-3-9-18-15)11-19-16(21)13-7-5-12(10-17)6-8-13/h3-9H,11H2,1-2H3,(H,19,21). The second kappa shape index (κ2) is 6.53. The molecule has 0 bridgehead atoms. The van der Waals surface area contributed by atoms with Gasteiger partial charge in [0.15, 0.2) is 0 Å². The number of carbonyl (C=O) groups excluding carboxylic acids is 1. The van der Waals surface area contributed by atoms with Crippen LogP contribution in [0.3, 0.4) is 0 Å². The zero-order valence-corrected chi connectivity index (χ0v) is 12.0. The van der Waals surface area contributed by atoms with Crippen LogP contribution in [-0.4, -0.2) is 25.0 Å². The fourth-order valence-corrected chi connectivity index (χ4v) is 1.94. The molecule has 5 heteroatoms. The SMILES string of the molecule is CN(C)c1ncccc1CNC(=O)c1ccc(C#N)cc1. The third-order valence-electron chi connectivity index (χ3n) is 3.01. The average molecular weight is 280 g/mol. The normalized spacial score (nSPS) is 9.76. The van der Waals surface area contributed by atoms with Crippen LogP contribution < -0.4 is 10.2 Å².